The number of rotatable bonds is 2. The average Bonchev–Trinajstić information content (AvgIpc) is 3.01. The molecule has 0 amide bonds. The summed E-state index contributed by atoms with van der Waals surface area (Å²) in [6.07, 6.45) is 6.54. The topological polar surface area (TPSA) is 25.2 Å². The summed E-state index contributed by atoms with van der Waals surface area (Å²) >= 11 is 0. The Morgan fingerprint density at radius 3 is 2.41 bits per heavy atom. The first-order chi connectivity index (χ1) is 10.8. The molecule has 1 saturated carbocycles. The molecule has 3 heteroatoms. The molecular weight excluding hydrogens is 272 g/mol. The number of fused-ring (bicyclic) bond motifs is 1. The first-order valence-corrected chi connectivity index (χ1v) is 8.40. The predicted octanol–water partition coefficient (Wildman–Crippen LogP) is 3.67. The fourth-order valence-electron chi connectivity index (χ4n) is 3.93. The van der Waals surface area contributed by atoms with Gasteiger partial charge in [-0.3, -0.25) is 9.36 Å². The summed E-state index contributed by atoms with van der Waals surface area (Å²) in [5.74, 6) is 1.12. The van der Waals surface area contributed by atoms with Gasteiger partial charge in [0, 0.05) is 25.2 Å². The molecule has 0 atom stereocenters. The Morgan fingerprint density at radius 1 is 0.864 bits per heavy atom. The van der Waals surface area contributed by atoms with Crippen molar-refractivity contribution in [2.45, 2.75) is 44.7 Å². The van der Waals surface area contributed by atoms with Crippen molar-refractivity contribution in [3.63, 3.8) is 0 Å². The maximum Gasteiger partial charge on any atom is 0.252 e. The lowest BCUT2D eigenvalue weighted by atomic mass is 9.94. The number of aromatic nitrogens is 1. The molecule has 2 aromatic rings. The number of anilines is 1. The van der Waals surface area contributed by atoms with Gasteiger partial charge in [0.15, 0.2) is 0 Å². The third-order valence-corrected chi connectivity index (χ3v) is 5.09. The van der Waals surface area contributed by atoms with Crippen molar-refractivity contribution in [1.29, 1.82) is 0 Å². The van der Waals surface area contributed by atoms with Crippen LogP contribution in [0.25, 0.3) is 11.1 Å². The molecule has 1 aromatic heterocycles. The maximum absolute atomic E-state index is 12.5. The van der Waals surface area contributed by atoms with Crippen molar-refractivity contribution >= 4 is 5.82 Å². The molecule has 1 aliphatic heterocycles. The van der Waals surface area contributed by atoms with Gasteiger partial charge in [0.2, 0.25) is 0 Å². The normalized spacial score (nSPS) is 18.5. The maximum atomic E-state index is 12.5. The molecule has 114 valence electrons. The van der Waals surface area contributed by atoms with Gasteiger partial charge in [-0.05, 0) is 30.0 Å². The van der Waals surface area contributed by atoms with E-state index in [1.165, 1.54) is 32.1 Å². The lowest BCUT2D eigenvalue weighted by molar-refractivity contribution is 0.420. The van der Waals surface area contributed by atoms with E-state index in [9.17, 15) is 4.79 Å². The minimum absolute atomic E-state index is 0.134. The second kappa shape index (κ2) is 5.64. The molecule has 0 spiro atoms. The molecule has 3 nitrogen and oxygen atoms in total. The highest BCUT2D eigenvalue weighted by Crippen LogP contribution is 2.32. The first-order valence-electron chi connectivity index (χ1n) is 8.40. The standard InChI is InChI=1S/C19H22N2O/c22-19-14-16(15-7-3-1-4-8-15)13-18-20(11-12-21(18)19)17-9-5-2-6-10-17/h1,3-4,7-8,13-14,17H,2,5-6,9-12H2. The van der Waals surface area contributed by atoms with Crippen molar-refractivity contribution in [2.75, 3.05) is 11.4 Å². The Hall–Kier alpha value is -2.03. The lowest BCUT2D eigenvalue weighted by Crippen LogP contribution is -2.35. The van der Waals surface area contributed by atoms with Gasteiger partial charge in [0.05, 0.1) is 0 Å². The van der Waals surface area contributed by atoms with Gasteiger partial charge >= 0.3 is 0 Å². The molecular formula is C19H22N2O. The smallest absolute Gasteiger partial charge is 0.252 e. The van der Waals surface area contributed by atoms with Crippen LogP contribution in [-0.4, -0.2) is 17.2 Å². The second-order valence-electron chi connectivity index (χ2n) is 6.44. The van der Waals surface area contributed by atoms with Gasteiger partial charge in [0.25, 0.3) is 5.56 Å². The number of nitrogens with zero attached hydrogens (tertiary/aromatic N) is 2. The number of pyridine rings is 1. The van der Waals surface area contributed by atoms with Crippen molar-refractivity contribution in [1.82, 2.24) is 4.57 Å². The van der Waals surface area contributed by atoms with Crippen molar-refractivity contribution in [3.05, 3.63) is 52.8 Å². The van der Waals surface area contributed by atoms with Crippen LogP contribution in [0.2, 0.25) is 0 Å². The Balaban J connectivity index is 1.74. The zero-order valence-electron chi connectivity index (χ0n) is 12.9. The predicted molar refractivity (Wildman–Crippen MR) is 90.4 cm³/mol. The Kier molecular flexibility index (Phi) is 3.49. The van der Waals surface area contributed by atoms with E-state index in [0.717, 1.165) is 30.0 Å². The molecule has 0 radical (unpaired) electrons. The van der Waals surface area contributed by atoms with Gasteiger partial charge in [0.1, 0.15) is 5.82 Å². The highest BCUT2D eigenvalue weighted by atomic mass is 16.1. The molecule has 0 bridgehead atoms. The molecule has 1 fully saturated rings. The molecule has 0 saturated heterocycles. The zero-order chi connectivity index (χ0) is 14.9. The number of hydrogen-bond acceptors (Lipinski definition) is 2. The molecule has 4 rings (SSSR count). The van der Waals surface area contributed by atoms with E-state index in [1.807, 2.05) is 22.8 Å². The van der Waals surface area contributed by atoms with Crippen LogP contribution in [0.15, 0.2) is 47.3 Å². The highest BCUT2D eigenvalue weighted by molar-refractivity contribution is 5.67. The fraction of sp³-hybridized carbons (Fsp3) is 0.421. The van der Waals surface area contributed by atoms with E-state index in [4.69, 9.17) is 0 Å². The summed E-state index contributed by atoms with van der Waals surface area (Å²) in [5.41, 5.74) is 2.30. The minimum atomic E-state index is 0.134. The molecule has 22 heavy (non-hydrogen) atoms. The second-order valence-corrected chi connectivity index (χ2v) is 6.44. The van der Waals surface area contributed by atoms with E-state index in [1.54, 1.807) is 6.07 Å². The van der Waals surface area contributed by atoms with Crippen LogP contribution in [0.4, 0.5) is 5.82 Å². The van der Waals surface area contributed by atoms with Crippen LogP contribution < -0.4 is 10.5 Å². The summed E-state index contributed by atoms with van der Waals surface area (Å²) in [6, 6.07) is 14.8. The third-order valence-electron chi connectivity index (χ3n) is 5.09. The molecule has 2 aliphatic rings. The summed E-state index contributed by atoms with van der Waals surface area (Å²) in [4.78, 5) is 14.9. The average molecular weight is 294 g/mol. The molecule has 1 aliphatic carbocycles. The lowest BCUT2D eigenvalue weighted by Gasteiger charge is -2.32. The first kappa shape index (κ1) is 13.6. The molecule has 0 N–H and O–H groups in total. The van der Waals surface area contributed by atoms with E-state index in [0.29, 0.717) is 6.04 Å². The minimum Gasteiger partial charge on any atom is -0.353 e. The van der Waals surface area contributed by atoms with Gasteiger partial charge in [-0.25, -0.2) is 0 Å². The van der Waals surface area contributed by atoms with E-state index >= 15 is 0 Å². The quantitative estimate of drug-likeness (QED) is 0.844. The van der Waals surface area contributed by atoms with Gasteiger partial charge in [-0.2, -0.15) is 0 Å². The number of benzene rings is 1. The molecule has 1 aromatic carbocycles. The molecule has 0 unspecified atom stereocenters. The summed E-state index contributed by atoms with van der Waals surface area (Å²) in [6.45, 7) is 1.82. The van der Waals surface area contributed by atoms with Crippen LogP contribution in [0, 0.1) is 0 Å². The van der Waals surface area contributed by atoms with Gasteiger partial charge < -0.3 is 4.90 Å². The third kappa shape index (κ3) is 2.35. The van der Waals surface area contributed by atoms with Crippen LogP contribution in [-0.2, 0) is 6.54 Å². The van der Waals surface area contributed by atoms with Gasteiger partial charge in [-0.1, -0.05) is 49.6 Å². The van der Waals surface area contributed by atoms with Crippen molar-refractivity contribution in [3.8, 4) is 11.1 Å². The van der Waals surface area contributed by atoms with Crippen LogP contribution in [0.3, 0.4) is 0 Å². The zero-order valence-corrected chi connectivity index (χ0v) is 12.9. The van der Waals surface area contributed by atoms with Crippen LogP contribution in [0.5, 0.6) is 0 Å². The van der Waals surface area contributed by atoms with Crippen molar-refractivity contribution in [2.24, 2.45) is 0 Å². The van der Waals surface area contributed by atoms with Gasteiger partial charge in [-0.15, -0.1) is 0 Å². The Morgan fingerprint density at radius 2 is 1.64 bits per heavy atom. The van der Waals surface area contributed by atoms with E-state index in [2.05, 4.69) is 23.1 Å². The molecule has 2 heterocycles. The Bertz CT molecular complexity index is 714. The van der Waals surface area contributed by atoms with E-state index in [-0.39, 0.29) is 5.56 Å². The summed E-state index contributed by atoms with van der Waals surface area (Å²) < 4.78 is 1.95. The SMILES string of the molecule is O=c1cc(-c2ccccc2)cc2n1CCN2C1CCCCC1. The number of hydrogen-bond donors (Lipinski definition) is 0. The summed E-state index contributed by atoms with van der Waals surface area (Å²) in [7, 11) is 0. The Labute approximate surface area is 131 Å². The monoisotopic (exact) mass is 294 g/mol. The fourth-order valence-corrected chi connectivity index (χ4v) is 3.93. The van der Waals surface area contributed by atoms with Crippen molar-refractivity contribution < 1.29 is 0 Å². The van der Waals surface area contributed by atoms with Crippen LogP contribution in [0.1, 0.15) is 32.1 Å². The van der Waals surface area contributed by atoms with Crippen LogP contribution >= 0.6 is 0 Å². The highest BCUT2D eigenvalue weighted by Gasteiger charge is 2.28. The summed E-state index contributed by atoms with van der Waals surface area (Å²) in [5, 5.41) is 0. The largest absolute Gasteiger partial charge is 0.353 e. The van der Waals surface area contributed by atoms with E-state index < -0.39 is 0 Å².